The Morgan fingerprint density at radius 1 is 1.35 bits per heavy atom. The maximum Gasteiger partial charge on any atom is 0.410 e. The zero-order chi connectivity index (χ0) is 15.3. The molecule has 0 bridgehead atoms. The Kier molecular flexibility index (Phi) is 6.27. The zero-order valence-electron chi connectivity index (χ0n) is 12.6. The van der Waals surface area contributed by atoms with Gasteiger partial charge in [-0.25, -0.2) is 4.79 Å². The van der Waals surface area contributed by atoms with E-state index in [0.29, 0.717) is 19.8 Å². The third-order valence-electron chi connectivity index (χ3n) is 3.09. The van der Waals surface area contributed by atoms with Crippen LogP contribution in [0.4, 0.5) is 4.79 Å². The first kappa shape index (κ1) is 17.2. The molecule has 1 amide bonds. The lowest BCUT2D eigenvalue weighted by atomic mass is 9.98. The van der Waals surface area contributed by atoms with Gasteiger partial charge >= 0.3 is 6.09 Å². The van der Waals surface area contributed by atoms with Crippen molar-refractivity contribution in [1.29, 1.82) is 0 Å². The van der Waals surface area contributed by atoms with E-state index in [4.69, 9.17) is 21.1 Å². The van der Waals surface area contributed by atoms with E-state index in [-0.39, 0.29) is 23.6 Å². The van der Waals surface area contributed by atoms with E-state index in [1.54, 1.807) is 4.90 Å². The predicted octanol–water partition coefficient (Wildman–Crippen LogP) is 2.46. The number of hydrogen-bond acceptors (Lipinski definition) is 4. The number of rotatable bonds is 5. The molecule has 116 valence electrons. The van der Waals surface area contributed by atoms with E-state index < -0.39 is 11.7 Å². The highest BCUT2D eigenvalue weighted by atomic mass is 35.5. The maximum atomic E-state index is 12.3. The number of carbonyl (C=O) groups excluding carboxylic acids is 2. The fraction of sp³-hybridized carbons (Fsp3) is 0.857. The van der Waals surface area contributed by atoms with Crippen LogP contribution in [0.1, 0.15) is 34.1 Å². The lowest BCUT2D eigenvalue weighted by molar-refractivity contribution is -0.121. The van der Waals surface area contributed by atoms with Gasteiger partial charge in [0.15, 0.2) is 5.78 Å². The summed E-state index contributed by atoms with van der Waals surface area (Å²) in [4.78, 5) is 25.8. The Morgan fingerprint density at radius 3 is 2.50 bits per heavy atom. The fourth-order valence-corrected chi connectivity index (χ4v) is 2.41. The standard InChI is InChI=1S/C14H24ClNO4/c1-5-6-16(13(18)20-14(2,3)4)11-9-19-8-10(11)12(17)7-15/h10-11H,5-9H2,1-4H3. The van der Waals surface area contributed by atoms with Crippen molar-refractivity contribution in [1.82, 2.24) is 4.90 Å². The molecular formula is C14H24ClNO4. The number of Topliss-reactive ketones (excluding diaryl/α,β-unsaturated/α-hetero) is 1. The Hall–Kier alpha value is -0.810. The van der Waals surface area contributed by atoms with Crippen molar-refractivity contribution < 1.29 is 19.1 Å². The molecule has 1 heterocycles. The summed E-state index contributed by atoms with van der Waals surface area (Å²) in [6, 6.07) is -0.281. The van der Waals surface area contributed by atoms with Crippen LogP contribution in [0.15, 0.2) is 0 Å². The molecule has 1 saturated heterocycles. The van der Waals surface area contributed by atoms with Crippen LogP contribution in [0.2, 0.25) is 0 Å². The topological polar surface area (TPSA) is 55.8 Å². The minimum absolute atomic E-state index is 0.0567. The average molecular weight is 306 g/mol. The van der Waals surface area contributed by atoms with Crippen molar-refractivity contribution in [2.24, 2.45) is 5.92 Å². The molecule has 0 aliphatic carbocycles. The third kappa shape index (κ3) is 4.63. The average Bonchev–Trinajstić information content (AvgIpc) is 2.81. The molecule has 2 atom stereocenters. The Balaban J connectivity index is 2.84. The molecule has 0 aromatic heterocycles. The number of carbonyl (C=O) groups is 2. The summed E-state index contributed by atoms with van der Waals surface area (Å²) in [5, 5.41) is 0. The monoisotopic (exact) mass is 305 g/mol. The summed E-state index contributed by atoms with van der Waals surface area (Å²) >= 11 is 5.63. The van der Waals surface area contributed by atoms with Gasteiger partial charge in [0.1, 0.15) is 5.60 Å². The Bertz CT molecular complexity index is 354. The van der Waals surface area contributed by atoms with E-state index in [2.05, 4.69) is 0 Å². The first-order valence-electron chi connectivity index (χ1n) is 6.96. The molecule has 0 N–H and O–H groups in total. The van der Waals surface area contributed by atoms with Crippen molar-refractivity contribution in [3.05, 3.63) is 0 Å². The normalized spacial score (nSPS) is 22.6. The van der Waals surface area contributed by atoms with E-state index in [1.807, 2.05) is 27.7 Å². The maximum absolute atomic E-state index is 12.3. The summed E-state index contributed by atoms with van der Waals surface area (Å²) < 4.78 is 10.8. The van der Waals surface area contributed by atoms with Gasteiger partial charge in [0.05, 0.1) is 31.1 Å². The van der Waals surface area contributed by atoms with Crippen molar-refractivity contribution in [3.8, 4) is 0 Å². The minimum Gasteiger partial charge on any atom is -0.444 e. The van der Waals surface area contributed by atoms with Crippen LogP contribution in [-0.4, -0.2) is 54.1 Å². The van der Waals surface area contributed by atoms with E-state index in [1.165, 1.54) is 0 Å². The fourth-order valence-electron chi connectivity index (χ4n) is 2.21. The molecule has 1 aliphatic rings. The van der Waals surface area contributed by atoms with Gasteiger partial charge in [-0.3, -0.25) is 4.79 Å². The number of hydrogen-bond donors (Lipinski definition) is 0. The number of nitrogens with zero attached hydrogens (tertiary/aromatic N) is 1. The smallest absolute Gasteiger partial charge is 0.410 e. The van der Waals surface area contributed by atoms with Crippen LogP contribution in [-0.2, 0) is 14.3 Å². The summed E-state index contributed by atoms with van der Waals surface area (Å²) in [7, 11) is 0. The van der Waals surface area contributed by atoms with Gasteiger partial charge in [-0.2, -0.15) is 0 Å². The first-order chi connectivity index (χ1) is 9.30. The van der Waals surface area contributed by atoms with Gasteiger partial charge < -0.3 is 14.4 Å². The third-order valence-corrected chi connectivity index (χ3v) is 3.35. The van der Waals surface area contributed by atoms with Gasteiger partial charge in [0, 0.05) is 6.54 Å². The molecule has 20 heavy (non-hydrogen) atoms. The highest BCUT2D eigenvalue weighted by molar-refractivity contribution is 6.28. The number of ether oxygens (including phenoxy) is 2. The van der Waals surface area contributed by atoms with Crippen molar-refractivity contribution >= 4 is 23.5 Å². The molecule has 6 heteroatoms. The second kappa shape index (κ2) is 7.27. The van der Waals surface area contributed by atoms with Gasteiger partial charge in [-0.05, 0) is 27.2 Å². The molecule has 1 aliphatic heterocycles. The summed E-state index contributed by atoms with van der Waals surface area (Å²) in [5.74, 6) is -0.496. The molecule has 5 nitrogen and oxygen atoms in total. The number of halogens is 1. The molecule has 0 aromatic rings. The predicted molar refractivity (Wildman–Crippen MR) is 77.1 cm³/mol. The van der Waals surface area contributed by atoms with Crippen LogP contribution in [0.3, 0.4) is 0 Å². The molecule has 0 saturated carbocycles. The summed E-state index contributed by atoms with van der Waals surface area (Å²) in [6.07, 6.45) is 0.388. The van der Waals surface area contributed by atoms with Crippen LogP contribution < -0.4 is 0 Å². The van der Waals surface area contributed by atoms with Crippen LogP contribution in [0, 0.1) is 5.92 Å². The number of ketones is 1. The highest BCUT2D eigenvalue weighted by Crippen LogP contribution is 2.23. The SMILES string of the molecule is CCCN(C(=O)OC(C)(C)C)C1COCC1C(=O)CCl. The molecule has 1 fully saturated rings. The van der Waals surface area contributed by atoms with Crippen molar-refractivity contribution in [2.45, 2.75) is 45.8 Å². The van der Waals surface area contributed by atoms with E-state index in [0.717, 1.165) is 6.42 Å². The Labute approximate surface area is 125 Å². The Morgan fingerprint density at radius 2 is 2.00 bits per heavy atom. The lowest BCUT2D eigenvalue weighted by Crippen LogP contribution is -2.48. The van der Waals surface area contributed by atoms with Crippen LogP contribution in [0.5, 0.6) is 0 Å². The summed E-state index contributed by atoms with van der Waals surface area (Å²) in [5.41, 5.74) is -0.561. The second-order valence-electron chi connectivity index (χ2n) is 5.98. The molecular weight excluding hydrogens is 282 g/mol. The molecule has 0 aromatic carbocycles. The molecule has 0 radical (unpaired) electrons. The van der Waals surface area contributed by atoms with Gasteiger partial charge in [0.2, 0.25) is 0 Å². The highest BCUT2D eigenvalue weighted by Gasteiger charge is 2.40. The zero-order valence-corrected chi connectivity index (χ0v) is 13.4. The van der Waals surface area contributed by atoms with Gasteiger partial charge in [-0.15, -0.1) is 11.6 Å². The quantitative estimate of drug-likeness (QED) is 0.732. The molecule has 0 spiro atoms. The molecule has 1 rings (SSSR count). The van der Waals surface area contributed by atoms with Crippen LogP contribution in [0.25, 0.3) is 0 Å². The molecule has 2 unspecified atom stereocenters. The first-order valence-corrected chi connectivity index (χ1v) is 7.49. The summed E-state index contributed by atoms with van der Waals surface area (Å²) in [6.45, 7) is 8.65. The van der Waals surface area contributed by atoms with Crippen molar-refractivity contribution in [2.75, 3.05) is 25.6 Å². The number of amides is 1. The van der Waals surface area contributed by atoms with Gasteiger partial charge in [-0.1, -0.05) is 6.92 Å². The minimum atomic E-state index is -0.561. The van der Waals surface area contributed by atoms with Gasteiger partial charge in [0.25, 0.3) is 0 Å². The van der Waals surface area contributed by atoms with Crippen LogP contribution >= 0.6 is 11.6 Å². The second-order valence-corrected chi connectivity index (χ2v) is 6.25. The van der Waals surface area contributed by atoms with E-state index in [9.17, 15) is 9.59 Å². The van der Waals surface area contributed by atoms with E-state index >= 15 is 0 Å². The van der Waals surface area contributed by atoms with Crippen molar-refractivity contribution in [3.63, 3.8) is 0 Å². The number of alkyl halides is 1. The largest absolute Gasteiger partial charge is 0.444 e. The lowest BCUT2D eigenvalue weighted by Gasteiger charge is -2.32.